The number of amides is 1. The maximum absolute atomic E-state index is 15.3. The lowest BCUT2D eigenvalue weighted by Crippen LogP contribution is -2.43. The maximum Gasteiger partial charge on any atom is 0.245 e. The molecule has 1 spiro atoms. The molecule has 39 heavy (non-hydrogen) atoms. The quantitative estimate of drug-likeness (QED) is 0.264. The zero-order valence-corrected chi connectivity index (χ0v) is 22.6. The minimum Gasteiger partial charge on any atom is -0.491 e. The molecule has 0 radical (unpaired) electrons. The number of anilines is 1. The predicted octanol–water partition coefficient (Wildman–Crippen LogP) is 7.01. The zero-order chi connectivity index (χ0) is 27.0. The standard InChI is InChI=1S/C32H34FNO5/c1-3-5-7-14-34-25-11-9-10-22(21-12-13-26(24(33)16-21)36-15-8-6-4-2)30(25)32(31(34)35)19-37-27-18-29-28(17-23(27)32)38-20-39-29/h9-13,16-18H,3-8,14-15,19-20H2,1-2H3. The van der Waals surface area contributed by atoms with Crippen molar-refractivity contribution in [3.05, 3.63) is 65.5 Å². The number of hydrogen-bond donors (Lipinski definition) is 0. The Balaban J connectivity index is 1.46. The van der Waals surface area contributed by atoms with Gasteiger partial charge in [0.25, 0.3) is 0 Å². The first kappa shape index (κ1) is 25.5. The lowest BCUT2D eigenvalue weighted by Gasteiger charge is -2.24. The largest absolute Gasteiger partial charge is 0.491 e. The van der Waals surface area contributed by atoms with Crippen molar-refractivity contribution in [2.75, 3.05) is 31.5 Å². The average Bonchev–Trinajstić information content (AvgIpc) is 3.62. The molecule has 0 aromatic heterocycles. The molecule has 6 nitrogen and oxygen atoms in total. The number of ether oxygens (including phenoxy) is 4. The van der Waals surface area contributed by atoms with Gasteiger partial charge in [0.2, 0.25) is 12.7 Å². The van der Waals surface area contributed by atoms with E-state index in [4.69, 9.17) is 18.9 Å². The Morgan fingerprint density at radius 2 is 1.72 bits per heavy atom. The summed E-state index contributed by atoms with van der Waals surface area (Å²) in [6.07, 6.45) is 6.00. The van der Waals surface area contributed by atoms with E-state index in [9.17, 15) is 4.79 Å². The summed E-state index contributed by atoms with van der Waals surface area (Å²) in [7, 11) is 0. The van der Waals surface area contributed by atoms with Crippen LogP contribution in [0.3, 0.4) is 0 Å². The van der Waals surface area contributed by atoms with Crippen LogP contribution in [0.1, 0.15) is 63.5 Å². The van der Waals surface area contributed by atoms with Gasteiger partial charge in [0.05, 0.1) is 6.61 Å². The van der Waals surface area contributed by atoms with Crippen LogP contribution in [0.4, 0.5) is 10.1 Å². The Morgan fingerprint density at radius 3 is 2.51 bits per heavy atom. The van der Waals surface area contributed by atoms with Crippen molar-refractivity contribution in [3.8, 4) is 34.1 Å². The van der Waals surface area contributed by atoms with Crippen LogP contribution in [0.5, 0.6) is 23.0 Å². The summed E-state index contributed by atoms with van der Waals surface area (Å²) in [4.78, 5) is 16.3. The number of nitrogens with zero attached hydrogens (tertiary/aromatic N) is 1. The SMILES string of the molecule is CCCCCOc1ccc(-c2cccc3c2C2(COc4cc5c(cc42)OCO5)C(=O)N3CCCCC)cc1F. The molecular formula is C32H34FNO5. The summed E-state index contributed by atoms with van der Waals surface area (Å²) >= 11 is 0. The fraction of sp³-hybridized carbons (Fsp3) is 0.406. The van der Waals surface area contributed by atoms with Gasteiger partial charge in [-0.05, 0) is 48.2 Å². The fourth-order valence-corrected chi connectivity index (χ4v) is 5.99. The lowest BCUT2D eigenvalue weighted by atomic mass is 9.74. The molecule has 1 unspecified atom stereocenters. The van der Waals surface area contributed by atoms with Crippen LogP contribution in [-0.4, -0.2) is 32.5 Å². The summed E-state index contributed by atoms with van der Waals surface area (Å²) in [5.41, 5.74) is 2.91. The first-order valence-corrected chi connectivity index (χ1v) is 14.0. The van der Waals surface area contributed by atoms with E-state index in [1.165, 1.54) is 6.07 Å². The second-order valence-electron chi connectivity index (χ2n) is 10.5. The van der Waals surface area contributed by atoms with Gasteiger partial charge in [-0.15, -0.1) is 0 Å². The van der Waals surface area contributed by atoms with E-state index < -0.39 is 11.2 Å². The molecule has 3 aromatic carbocycles. The minimum absolute atomic E-state index is 0.0185. The molecule has 1 amide bonds. The van der Waals surface area contributed by atoms with E-state index in [-0.39, 0.29) is 25.1 Å². The van der Waals surface area contributed by atoms with Crippen LogP contribution >= 0.6 is 0 Å². The Kier molecular flexibility index (Phi) is 6.83. The summed E-state index contributed by atoms with van der Waals surface area (Å²) in [5.74, 6) is 1.65. The third-order valence-corrected chi connectivity index (χ3v) is 7.98. The van der Waals surface area contributed by atoms with Gasteiger partial charge >= 0.3 is 0 Å². The molecule has 0 bridgehead atoms. The molecule has 3 heterocycles. The molecule has 3 aliphatic rings. The highest BCUT2D eigenvalue weighted by Gasteiger charge is 2.58. The van der Waals surface area contributed by atoms with Gasteiger partial charge in [-0.1, -0.05) is 57.7 Å². The van der Waals surface area contributed by atoms with Crippen molar-refractivity contribution in [2.45, 2.75) is 57.8 Å². The van der Waals surface area contributed by atoms with Crippen molar-refractivity contribution in [1.82, 2.24) is 0 Å². The van der Waals surface area contributed by atoms with Gasteiger partial charge in [0.1, 0.15) is 17.8 Å². The van der Waals surface area contributed by atoms with Crippen molar-refractivity contribution < 1.29 is 28.1 Å². The topological polar surface area (TPSA) is 57.2 Å². The van der Waals surface area contributed by atoms with Crippen LogP contribution < -0.4 is 23.8 Å². The molecule has 204 valence electrons. The number of carbonyl (C=O) groups is 1. The van der Waals surface area contributed by atoms with Crippen molar-refractivity contribution >= 4 is 11.6 Å². The Morgan fingerprint density at radius 1 is 0.923 bits per heavy atom. The van der Waals surface area contributed by atoms with Crippen LogP contribution in [0.15, 0.2) is 48.5 Å². The second kappa shape index (κ2) is 10.4. The molecule has 6 rings (SSSR count). The number of carbonyl (C=O) groups excluding carboxylic acids is 1. The van der Waals surface area contributed by atoms with Crippen LogP contribution in [0, 0.1) is 5.82 Å². The van der Waals surface area contributed by atoms with E-state index in [0.29, 0.717) is 36.0 Å². The molecule has 0 saturated carbocycles. The molecule has 0 N–H and O–H groups in total. The number of halogens is 1. The lowest BCUT2D eigenvalue weighted by molar-refractivity contribution is -0.122. The van der Waals surface area contributed by atoms with E-state index in [2.05, 4.69) is 13.8 Å². The van der Waals surface area contributed by atoms with E-state index in [1.54, 1.807) is 6.07 Å². The Hall–Kier alpha value is -3.74. The monoisotopic (exact) mass is 531 g/mol. The molecular weight excluding hydrogens is 497 g/mol. The van der Waals surface area contributed by atoms with E-state index in [0.717, 1.165) is 60.9 Å². The van der Waals surface area contributed by atoms with Crippen LogP contribution in [0.2, 0.25) is 0 Å². The molecule has 0 aliphatic carbocycles. The molecule has 3 aromatic rings. The highest BCUT2D eigenvalue weighted by atomic mass is 19.1. The number of unbranched alkanes of at least 4 members (excludes halogenated alkanes) is 4. The second-order valence-corrected chi connectivity index (χ2v) is 10.5. The van der Waals surface area contributed by atoms with Crippen molar-refractivity contribution in [1.29, 1.82) is 0 Å². The number of hydrogen-bond acceptors (Lipinski definition) is 5. The highest BCUT2D eigenvalue weighted by Crippen LogP contribution is 2.57. The van der Waals surface area contributed by atoms with Gasteiger partial charge in [-0.3, -0.25) is 4.79 Å². The summed E-state index contributed by atoms with van der Waals surface area (Å²) in [6, 6.07) is 14.7. The number of rotatable bonds is 10. The van der Waals surface area contributed by atoms with Crippen LogP contribution in [-0.2, 0) is 10.2 Å². The zero-order valence-electron chi connectivity index (χ0n) is 22.6. The van der Waals surface area contributed by atoms with Crippen LogP contribution in [0.25, 0.3) is 11.1 Å². The summed E-state index contributed by atoms with van der Waals surface area (Å²) in [5, 5.41) is 0. The average molecular weight is 532 g/mol. The normalized spacial score (nSPS) is 18.4. The third kappa shape index (κ3) is 4.19. The molecule has 3 aliphatic heterocycles. The fourth-order valence-electron chi connectivity index (χ4n) is 5.99. The Labute approximate surface area is 228 Å². The van der Waals surface area contributed by atoms with Gasteiger partial charge in [-0.2, -0.15) is 0 Å². The smallest absolute Gasteiger partial charge is 0.245 e. The van der Waals surface area contributed by atoms with Crippen molar-refractivity contribution in [3.63, 3.8) is 0 Å². The van der Waals surface area contributed by atoms with Gasteiger partial charge in [-0.25, -0.2) is 4.39 Å². The first-order valence-electron chi connectivity index (χ1n) is 14.0. The number of fused-ring (bicyclic) bond motifs is 5. The molecule has 7 heteroatoms. The molecule has 0 saturated heterocycles. The predicted molar refractivity (Wildman–Crippen MR) is 148 cm³/mol. The van der Waals surface area contributed by atoms with E-state index >= 15 is 4.39 Å². The number of benzene rings is 3. The summed E-state index contributed by atoms with van der Waals surface area (Å²) < 4.78 is 38.4. The highest BCUT2D eigenvalue weighted by molar-refractivity contribution is 6.13. The third-order valence-electron chi connectivity index (χ3n) is 7.98. The molecule has 0 fully saturated rings. The van der Waals surface area contributed by atoms with E-state index in [1.807, 2.05) is 41.3 Å². The first-order chi connectivity index (χ1) is 19.1. The summed E-state index contributed by atoms with van der Waals surface area (Å²) in [6.45, 7) is 5.67. The molecule has 1 atom stereocenters. The Bertz CT molecular complexity index is 1410. The van der Waals surface area contributed by atoms with Gasteiger partial charge in [0.15, 0.2) is 23.1 Å². The minimum atomic E-state index is -1.06. The van der Waals surface area contributed by atoms with Gasteiger partial charge in [0, 0.05) is 29.4 Å². The van der Waals surface area contributed by atoms with Gasteiger partial charge < -0.3 is 23.8 Å². The maximum atomic E-state index is 15.3. The van der Waals surface area contributed by atoms with Crippen molar-refractivity contribution in [2.24, 2.45) is 0 Å².